The number of ether oxygens (including phenoxy) is 2. The summed E-state index contributed by atoms with van der Waals surface area (Å²) >= 11 is 0. The van der Waals surface area contributed by atoms with Gasteiger partial charge in [0.1, 0.15) is 6.23 Å². The summed E-state index contributed by atoms with van der Waals surface area (Å²) in [4.78, 5) is 13.4. The lowest BCUT2D eigenvalue weighted by Crippen LogP contribution is -2.35. The van der Waals surface area contributed by atoms with Crippen molar-refractivity contribution in [3.05, 3.63) is 12.3 Å². The first-order chi connectivity index (χ1) is 11.4. The van der Waals surface area contributed by atoms with Gasteiger partial charge in [0.05, 0.1) is 25.4 Å². The number of carbonyl (C=O) groups excluding carboxylic acids is 1. The summed E-state index contributed by atoms with van der Waals surface area (Å²) in [7, 11) is -3.52. The smallest absolute Gasteiger partial charge is 0.352 e. The van der Waals surface area contributed by atoms with Crippen LogP contribution in [0.1, 0.15) is 20.3 Å². The summed E-state index contributed by atoms with van der Waals surface area (Å²) < 4.78 is 40.0. The fourth-order valence-corrected chi connectivity index (χ4v) is 4.57. The van der Waals surface area contributed by atoms with Gasteiger partial charge >= 0.3 is 7.82 Å². The van der Waals surface area contributed by atoms with E-state index < -0.39 is 7.82 Å². The van der Waals surface area contributed by atoms with Crippen LogP contribution in [0.15, 0.2) is 12.3 Å². The van der Waals surface area contributed by atoms with Crippen LogP contribution < -0.4 is 5.32 Å². The maximum Gasteiger partial charge on any atom is 0.475 e. The highest BCUT2D eigenvalue weighted by atomic mass is 31.2. The van der Waals surface area contributed by atoms with Crippen LogP contribution in [0.4, 0.5) is 0 Å². The van der Waals surface area contributed by atoms with E-state index in [0.29, 0.717) is 6.42 Å². The number of hydrogen-bond donors (Lipinski definition) is 1. The molecular formula is C14H21N2O7P. The Morgan fingerprint density at radius 2 is 2.12 bits per heavy atom. The molecule has 10 heteroatoms. The molecule has 1 amide bonds. The lowest BCUT2D eigenvalue weighted by Gasteiger charge is -2.25. The molecule has 0 spiro atoms. The van der Waals surface area contributed by atoms with Gasteiger partial charge < -0.3 is 19.7 Å². The molecule has 0 bridgehead atoms. The summed E-state index contributed by atoms with van der Waals surface area (Å²) in [5.41, 5.74) is 0. The van der Waals surface area contributed by atoms with Crippen molar-refractivity contribution in [1.29, 1.82) is 0 Å². The number of hydrogen-bond acceptors (Lipinski definition) is 8. The Kier molecular flexibility index (Phi) is 4.19. The van der Waals surface area contributed by atoms with Gasteiger partial charge in [0.2, 0.25) is 5.91 Å². The van der Waals surface area contributed by atoms with Gasteiger partial charge in [-0.05, 0) is 20.3 Å². The molecule has 0 aromatic rings. The molecule has 4 rings (SSSR count). The number of phosphoric ester groups is 1. The number of phosphoric acid groups is 1. The lowest BCUT2D eigenvalue weighted by molar-refractivity contribution is -0.117. The number of epoxide rings is 1. The lowest BCUT2D eigenvalue weighted by atomic mass is 10.0. The first kappa shape index (κ1) is 16.5. The second-order valence-corrected chi connectivity index (χ2v) is 8.16. The maximum atomic E-state index is 12.4. The second kappa shape index (κ2) is 6.09. The normalized spacial score (nSPS) is 44.5. The van der Waals surface area contributed by atoms with Crippen LogP contribution >= 0.6 is 7.82 Å². The number of nitrogens with zero attached hydrogens (tertiary/aromatic N) is 1. The topological polar surface area (TPSA) is 98.9 Å². The first-order valence-corrected chi connectivity index (χ1v) is 9.54. The minimum Gasteiger partial charge on any atom is -0.352 e. The minimum absolute atomic E-state index is 0.0408. The monoisotopic (exact) mass is 360 g/mol. The Morgan fingerprint density at radius 1 is 1.33 bits per heavy atom. The van der Waals surface area contributed by atoms with E-state index in [1.807, 2.05) is 4.90 Å². The standard InChI is InChI=1S/C14H21N2O7P/c1-8(2)23-24(18)19-6-9-5-12(21-10(9)7-20-24)16-4-3-11(17)15-13-14(16)22-13/h3-4,8-10,12-14H,5-7H2,1-2H3,(H,15,17). The van der Waals surface area contributed by atoms with Gasteiger partial charge in [0.25, 0.3) is 0 Å². The van der Waals surface area contributed by atoms with E-state index in [9.17, 15) is 9.36 Å². The third-order valence-electron chi connectivity index (χ3n) is 4.32. The summed E-state index contributed by atoms with van der Waals surface area (Å²) in [6, 6.07) is 0. The molecule has 6 atom stereocenters. The molecule has 4 aliphatic heterocycles. The largest absolute Gasteiger partial charge is 0.475 e. The van der Waals surface area contributed by atoms with Gasteiger partial charge in [-0.2, -0.15) is 0 Å². The van der Waals surface area contributed by atoms with Crippen LogP contribution in [0.2, 0.25) is 0 Å². The molecule has 3 saturated heterocycles. The predicted molar refractivity (Wildman–Crippen MR) is 80.3 cm³/mol. The Hall–Kier alpha value is -0.960. The van der Waals surface area contributed by atoms with Crippen LogP contribution in [0.3, 0.4) is 0 Å². The molecule has 24 heavy (non-hydrogen) atoms. The van der Waals surface area contributed by atoms with E-state index >= 15 is 0 Å². The molecule has 4 aliphatic rings. The molecule has 0 aromatic carbocycles. The van der Waals surface area contributed by atoms with Crippen molar-refractivity contribution in [2.75, 3.05) is 13.2 Å². The van der Waals surface area contributed by atoms with Crippen molar-refractivity contribution in [3.8, 4) is 0 Å². The summed E-state index contributed by atoms with van der Waals surface area (Å²) in [6.07, 6.45) is 2.58. The van der Waals surface area contributed by atoms with Crippen LogP contribution in [-0.2, 0) is 32.4 Å². The summed E-state index contributed by atoms with van der Waals surface area (Å²) in [5, 5.41) is 2.72. The molecule has 3 fully saturated rings. The molecule has 0 saturated carbocycles. The average molecular weight is 360 g/mol. The highest BCUT2D eigenvalue weighted by Crippen LogP contribution is 2.54. The minimum atomic E-state index is -3.52. The highest BCUT2D eigenvalue weighted by molar-refractivity contribution is 7.48. The van der Waals surface area contributed by atoms with E-state index in [0.717, 1.165) is 0 Å². The van der Waals surface area contributed by atoms with Crippen molar-refractivity contribution in [3.63, 3.8) is 0 Å². The van der Waals surface area contributed by atoms with E-state index in [4.69, 9.17) is 23.0 Å². The first-order valence-electron chi connectivity index (χ1n) is 8.08. The number of amides is 1. The van der Waals surface area contributed by atoms with E-state index in [1.165, 1.54) is 6.08 Å². The molecular weight excluding hydrogens is 339 g/mol. The van der Waals surface area contributed by atoms with Crippen molar-refractivity contribution in [2.45, 2.75) is 51.2 Å². The van der Waals surface area contributed by atoms with Gasteiger partial charge in [-0.15, -0.1) is 0 Å². The second-order valence-electron chi connectivity index (χ2n) is 6.54. The summed E-state index contributed by atoms with van der Waals surface area (Å²) in [6.45, 7) is 3.94. The SMILES string of the molecule is CC(C)OP1(=O)OCC2CC(N3C=CC(=O)NC4OC43)OC2CO1. The fourth-order valence-electron chi connectivity index (χ4n) is 3.15. The summed E-state index contributed by atoms with van der Waals surface area (Å²) in [5.74, 6) is -0.144. The van der Waals surface area contributed by atoms with Crippen LogP contribution in [0, 0.1) is 5.92 Å². The van der Waals surface area contributed by atoms with E-state index in [2.05, 4.69) is 5.32 Å². The number of carbonyl (C=O) groups is 1. The average Bonchev–Trinajstić information content (AvgIpc) is 3.17. The Bertz CT molecular complexity index is 578. The van der Waals surface area contributed by atoms with Gasteiger partial charge in [0, 0.05) is 18.2 Å². The molecule has 4 heterocycles. The van der Waals surface area contributed by atoms with Crippen LogP contribution in [0.5, 0.6) is 0 Å². The molecule has 0 radical (unpaired) electrons. The third-order valence-corrected chi connectivity index (χ3v) is 5.93. The van der Waals surface area contributed by atoms with Crippen molar-refractivity contribution >= 4 is 13.7 Å². The molecule has 0 aliphatic carbocycles. The molecule has 9 nitrogen and oxygen atoms in total. The molecule has 0 aromatic heterocycles. The van der Waals surface area contributed by atoms with Crippen LogP contribution in [-0.4, -0.2) is 54.9 Å². The molecule has 134 valence electrons. The maximum absolute atomic E-state index is 12.4. The number of rotatable bonds is 3. The quantitative estimate of drug-likeness (QED) is 0.586. The number of nitrogens with one attached hydrogen (secondary N) is 1. The van der Waals surface area contributed by atoms with Crippen LogP contribution in [0.25, 0.3) is 0 Å². The highest BCUT2D eigenvalue weighted by Gasteiger charge is 2.51. The fraction of sp³-hybridized carbons (Fsp3) is 0.786. The van der Waals surface area contributed by atoms with E-state index in [1.54, 1.807) is 20.0 Å². The zero-order valence-corrected chi connectivity index (χ0v) is 14.4. The van der Waals surface area contributed by atoms with Crippen molar-refractivity contribution < 1.29 is 32.4 Å². The predicted octanol–water partition coefficient (Wildman–Crippen LogP) is 0.925. The molecule has 1 N–H and O–H groups in total. The third kappa shape index (κ3) is 3.24. The Labute approximate surface area is 139 Å². The van der Waals surface area contributed by atoms with Gasteiger partial charge in [-0.25, -0.2) is 4.57 Å². The van der Waals surface area contributed by atoms with Crippen molar-refractivity contribution in [1.82, 2.24) is 10.2 Å². The zero-order valence-electron chi connectivity index (χ0n) is 13.5. The van der Waals surface area contributed by atoms with Gasteiger partial charge in [-0.1, -0.05) is 0 Å². The number of fused-ring (bicyclic) bond motifs is 2. The van der Waals surface area contributed by atoms with Crippen molar-refractivity contribution in [2.24, 2.45) is 5.92 Å². The van der Waals surface area contributed by atoms with Gasteiger partial charge in [-0.3, -0.25) is 18.4 Å². The Morgan fingerprint density at radius 3 is 2.92 bits per heavy atom. The van der Waals surface area contributed by atoms with E-state index in [-0.39, 0.29) is 55.9 Å². The zero-order chi connectivity index (χ0) is 16.9. The Balaban J connectivity index is 1.40. The van der Waals surface area contributed by atoms with Gasteiger partial charge in [0.15, 0.2) is 12.5 Å². The molecule has 6 unspecified atom stereocenters.